The fourth-order valence-corrected chi connectivity index (χ4v) is 3.68. The highest BCUT2D eigenvalue weighted by atomic mass is 16.2. The van der Waals surface area contributed by atoms with Crippen molar-refractivity contribution in [1.29, 1.82) is 5.41 Å². The Bertz CT molecular complexity index is 678. The summed E-state index contributed by atoms with van der Waals surface area (Å²) in [5.74, 6) is 0.680. The number of nitrogens with zero attached hydrogens (tertiary/aromatic N) is 3. The lowest BCUT2D eigenvalue weighted by Gasteiger charge is -2.26. The third kappa shape index (κ3) is 4.15. The molecule has 0 radical (unpaired) electrons. The van der Waals surface area contributed by atoms with Crippen LogP contribution in [-0.4, -0.2) is 53.2 Å². The minimum atomic E-state index is -0.0764. The van der Waals surface area contributed by atoms with E-state index in [1.165, 1.54) is 6.42 Å². The van der Waals surface area contributed by atoms with Crippen molar-refractivity contribution >= 4 is 17.7 Å². The average molecular weight is 356 g/mol. The molecule has 1 aromatic rings. The van der Waals surface area contributed by atoms with Crippen LogP contribution in [0.2, 0.25) is 0 Å². The molecule has 26 heavy (non-hydrogen) atoms. The predicted molar refractivity (Wildman–Crippen MR) is 103 cm³/mol. The first-order chi connectivity index (χ1) is 12.6. The molecule has 5 N–H and O–H groups in total. The van der Waals surface area contributed by atoms with Gasteiger partial charge in [-0.15, -0.1) is 0 Å². The minimum absolute atomic E-state index is 0.0474. The second kappa shape index (κ2) is 8.21. The molecule has 2 fully saturated rings. The third-order valence-corrected chi connectivity index (χ3v) is 5.19. The molecule has 0 saturated carbocycles. The maximum atomic E-state index is 12.5. The Morgan fingerprint density at radius 3 is 2.42 bits per heavy atom. The number of amidine groups is 1. The molecule has 7 nitrogen and oxygen atoms in total. The van der Waals surface area contributed by atoms with Gasteiger partial charge in [0, 0.05) is 25.2 Å². The van der Waals surface area contributed by atoms with Crippen LogP contribution in [0.25, 0.3) is 0 Å². The van der Waals surface area contributed by atoms with Crippen LogP contribution in [0.5, 0.6) is 0 Å². The molecule has 1 atom stereocenters. The molecular weight excluding hydrogens is 328 g/mol. The molecule has 0 spiro atoms. The van der Waals surface area contributed by atoms with E-state index in [-0.39, 0.29) is 17.9 Å². The Balaban J connectivity index is 1.60. The zero-order valence-electron chi connectivity index (χ0n) is 15.2. The van der Waals surface area contributed by atoms with Gasteiger partial charge < -0.3 is 21.3 Å². The molecule has 0 aromatic heterocycles. The first kappa shape index (κ1) is 18.2. The Labute approximate surface area is 154 Å². The van der Waals surface area contributed by atoms with Crippen molar-refractivity contribution in [2.24, 2.45) is 16.5 Å². The number of hydrogen-bond acceptors (Lipinski definition) is 3. The molecular formula is C19H28N6O. The maximum absolute atomic E-state index is 12.5. The number of carbonyl (C=O) groups is 1. The lowest BCUT2D eigenvalue weighted by Crippen LogP contribution is -2.46. The van der Waals surface area contributed by atoms with Gasteiger partial charge in [-0.2, -0.15) is 0 Å². The largest absolute Gasteiger partial charge is 0.386 e. The summed E-state index contributed by atoms with van der Waals surface area (Å²) < 4.78 is 0. The molecule has 2 saturated heterocycles. The van der Waals surface area contributed by atoms with Crippen molar-refractivity contribution < 1.29 is 4.79 Å². The van der Waals surface area contributed by atoms with Gasteiger partial charge in [-0.05, 0) is 49.8 Å². The number of piperidine rings is 1. The van der Waals surface area contributed by atoms with Crippen LogP contribution in [0.15, 0.2) is 29.3 Å². The Morgan fingerprint density at radius 1 is 1.08 bits per heavy atom. The van der Waals surface area contributed by atoms with Gasteiger partial charge in [-0.25, -0.2) is 0 Å². The number of rotatable bonds is 4. The number of aliphatic imine (C=N–C) groups is 1. The number of carbonyl (C=O) groups excluding carboxylic acids is 1. The summed E-state index contributed by atoms with van der Waals surface area (Å²) in [5.41, 5.74) is 13.5. The number of guanidine groups is 1. The summed E-state index contributed by atoms with van der Waals surface area (Å²) in [4.78, 5) is 20.7. The normalized spacial score (nSPS) is 21.1. The van der Waals surface area contributed by atoms with Crippen molar-refractivity contribution in [1.82, 2.24) is 9.80 Å². The van der Waals surface area contributed by atoms with E-state index in [1.54, 1.807) is 4.90 Å². The second-order valence-corrected chi connectivity index (χ2v) is 7.03. The van der Waals surface area contributed by atoms with Crippen LogP contribution in [0, 0.1) is 5.41 Å². The zero-order chi connectivity index (χ0) is 18.5. The van der Waals surface area contributed by atoms with E-state index in [9.17, 15) is 4.79 Å². The van der Waals surface area contributed by atoms with E-state index < -0.39 is 0 Å². The van der Waals surface area contributed by atoms with Crippen LogP contribution in [0.1, 0.15) is 48.0 Å². The Kier molecular flexibility index (Phi) is 5.75. The monoisotopic (exact) mass is 356 g/mol. The summed E-state index contributed by atoms with van der Waals surface area (Å²) in [6.07, 6.45) is 5.24. The quantitative estimate of drug-likeness (QED) is 0.561. The van der Waals surface area contributed by atoms with E-state index in [0.717, 1.165) is 56.4 Å². The molecule has 1 aromatic carbocycles. The first-order valence-corrected chi connectivity index (χ1v) is 9.35. The highest BCUT2D eigenvalue weighted by Crippen LogP contribution is 2.17. The molecule has 2 aliphatic rings. The number of hydrogen-bond donors (Lipinski definition) is 3. The van der Waals surface area contributed by atoms with Gasteiger partial charge in [0.15, 0.2) is 5.96 Å². The van der Waals surface area contributed by atoms with Crippen LogP contribution in [0.4, 0.5) is 0 Å². The molecule has 2 aliphatic heterocycles. The van der Waals surface area contributed by atoms with Crippen LogP contribution in [0.3, 0.4) is 0 Å². The number of likely N-dealkylation sites (tertiary alicyclic amines) is 2. The van der Waals surface area contributed by atoms with Crippen molar-refractivity contribution in [3.63, 3.8) is 0 Å². The molecule has 0 aliphatic carbocycles. The lowest BCUT2D eigenvalue weighted by atomic mass is 10.1. The van der Waals surface area contributed by atoms with Crippen molar-refractivity contribution in [2.45, 2.75) is 44.7 Å². The Morgan fingerprint density at radius 2 is 1.77 bits per heavy atom. The minimum Gasteiger partial charge on any atom is -0.386 e. The molecule has 3 rings (SSSR count). The molecule has 7 heteroatoms. The zero-order valence-corrected chi connectivity index (χ0v) is 15.2. The van der Waals surface area contributed by atoms with E-state index in [0.29, 0.717) is 12.4 Å². The van der Waals surface area contributed by atoms with E-state index in [2.05, 4.69) is 4.99 Å². The van der Waals surface area contributed by atoms with Gasteiger partial charge in [0.25, 0.3) is 5.91 Å². The van der Waals surface area contributed by atoms with Crippen LogP contribution < -0.4 is 11.5 Å². The summed E-state index contributed by atoms with van der Waals surface area (Å²) in [6.45, 7) is 2.93. The molecule has 1 unspecified atom stereocenters. The van der Waals surface area contributed by atoms with E-state index in [1.807, 2.05) is 29.2 Å². The van der Waals surface area contributed by atoms with Gasteiger partial charge in [0.2, 0.25) is 0 Å². The Hall–Kier alpha value is -2.57. The summed E-state index contributed by atoms with van der Waals surface area (Å²) in [6, 6.07) is 7.54. The summed E-state index contributed by atoms with van der Waals surface area (Å²) >= 11 is 0. The SMILES string of the molecule is N=C(N)N1CCCC1C(N)=NCc1ccc(C(=O)N2CCCCC2)cc1. The molecule has 0 bridgehead atoms. The number of nitrogens with two attached hydrogens (primary N) is 2. The predicted octanol–water partition coefficient (Wildman–Crippen LogP) is 1.53. The maximum Gasteiger partial charge on any atom is 0.253 e. The van der Waals surface area contributed by atoms with Gasteiger partial charge in [0.05, 0.1) is 12.6 Å². The number of nitrogens with one attached hydrogen (secondary N) is 1. The van der Waals surface area contributed by atoms with E-state index >= 15 is 0 Å². The molecule has 1 amide bonds. The number of amides is 1. The van der Waals surface area contributed by atoms with Gasteiger partial charge >= 0.3 is 0 Å². The fraction of sp³-hybridized carbons (Fsp3) is 0.526. The van der Waals surface area contributed by atoms with Crippen molar-refractivity contribution in [3.8, 4) is 0 Å². The standard InChI is InChI=1S/C19H28N6O/c20-17(16-5-4-12-25(16)19(21)22)23-13-14-6-8-15(9-7-14)18(26)24-10-2-1-3-11-24/h6-9,16H,1-5,10-13H2,(H2,20,23)(H3,21,22). The topological polar surface area (TPSA) is 112 Å². The van der Waals surface area contributed by atoms with Crippen LogP contribution >= 0.6 is 0 Å². The molecule has 2 heterocycles. The average Bonchev–Trinajstić information content (AvgIpc) is 3.17. The number of benzene rings is 1. The highest BCUT2D eigenvalue weighted by molar-refractivity contribution is 5.94. The highest BCUT2D eigenvalue weighted by Gasteiger charge is 2.28. The summed E-state index contributed by atoms with van der Waals surface area (Å²) in [5, 5.41) is 7.62. The van der Waals surface area contributed by atoms with Crippen molar-refractivity contribution in [2.75, 3.05) is 19.6 Å². The summed E-state index contributed by atoms with van der Waals surface area (Å²) in [7, 11) is 0. The molecule has 140 valence electrons. The van der Waals surface area contributed by atoms with Gasteiger partial charge in [-0.3, -0.25) is 15.2 Å². The second-order valence-electron chi connectivity index (χ2n) is 7.03. The first-order valence-electron chi connectivity index (χ1n) is 9.35. The fourth-order valence-electron chi connectivity index (χ4n) is 3.68. The smallest absolute Gasteiger partial charge is 0.253 e. The lowest BCUT2D eigenvalue weighted by molar-refractivity contribution is 0.0724. The third-order valence-electron chi connectivity index (χ3n) is 5.19. The van der Waals surface area contributed by atoms with E-state index in [4.69, 9.17) is 16.9 Å². The van der Waals surface area contributed by atoms with Crippen LogP contribution in [-0.2, 0) is 6.54 Å². The van der Waals surface area contributed by atoms with Crippen molar-refractivity contribution in [3.05, 3.63) is 35.4 Å². The van der Waals surface area contributed by atoms with Gasteiger partial charge in [0.1, 0.15) is 5.84 Å². The van der Waals surface area contributed by atoms with Gasteiger partial charge in [-0.1, -0.05) is 12.1 Å².